The monoisotopic (exact) mass is 475 g/mol. The van der Waals surface area contributed by atoms with Crippen LogP contribution < -0.4 is 9.80 Å². The van der Waals surface area contributed by atoms with E-state index in [9.17, 15) is 14.4 Å². The van der Waals surface area contributed by atoms with Crippen molar-refractivity contribution < 1.29 is 19.1 Å². The standard InChI is InChI=1S/C26H25N3O4S/c1-18-14-19(2)16-20(15-18)29(12-7-11-27)24(30)17-33-26(32)21-8-4-5-9-22(21)28(3)25(31)23-10-6-13-34-23/h4-6,8-10,13-16H,7,12,17H2,1-3H3. The van der Waals surface area contributed by atoms with Gasteiger partial charge in [0.15, 0.2) is 6.61 Å². The Bertz CT molecular complexity index is 1210. The van der Waals surface area contributed by atoms with E-state index in [1.807, 2.05) is 38.1 Å². The maximum absolute atomic E-state index is 13.0. The van der Waals surface area contributed by atoms with Crippen LogP contribution in [-0.4, -0.2) is 38.0 Å². The van der Waals surface area contributed by atoms with Crippen molar-refractivity contribution >= 4 is 40.5 Å². The molecule has 0 atom stereocenters. The van der Waals surface area contributed by atoms with Crippen LogP contribution in [0.2, 0.25) is 0 Å². The molecule has 0 saturated carbocycles. The number of carbonyl (C=O) groups excluding carboxylic acids is 3. The lowest BCUT2D eigenvalue weighted by molar-refractivity contribution is -0.121. The topological polar surface area (TPSA) is 90.7 Å². The van der Waals surface area contributed by atoms with Gasteiger partial charge in [-0.2, -0.15) is 5.26 Å². The second-order valence-corrected chi connectivity index (χ2v) is 8.68. The van der Waals surface area contributed by atoms with E-state index in [1.165, 1.54) is 21.1 Å². The maximum Gasteiger partial charge on any atom is 0.340 e. The molecule has 34 heavy (non-hydrogen) atoms. The van der Waals surface area contributed by atoms with Gasteiger partial charge in [0.2, 0.25) is 0 Å². The molecule has 174 valence electrons. The minimum atomic E-state index is -0.713. The zero-order valence-corrected chi connectivity index (χ0v) is 20.1. The van der Waals surface area contributed by atoms with Gasteiger partial charge in [-0.25, -0.2) is 4.79 Å². The van der Waals surface area contributed by atoms with Crippen molar-refractivity contribution in [1.29, 1.82) is 5.26 Å². The fourth-order valence-electron chi connectivity index (χ4n) is 3.56. The minimum Gasteiger partial charge on any atom is -0.452 e. The SMILES string of the molecule is Cc1cc(C)cc(N(CCC#N)C(=O)COC(=O)c2ccccc2N(C)C(=O)c2cccs2)c1. The number of amides is 2. The maximum atomic E-state index is 13.0. The van der Waals surface area contributed by atoms with Gasteiger partial charge in [0.25, 0.3) is 11.8 Å². The number of nitrogens with zero attached hydrogens (tertiary/aromatic N) is 3. The molecule has 2 aromatic carbocycles. The summed E-state index contributed by atoms with van der Waals surface area (Å²) in [6.07, 6.45) is 0.144. The number of nitriles is 1. The van der Waals surface area contributed by atoms with Crippen LogP contribution in [0.3, 0.4) is 0 Å². The van der Waals surface area contributed by atoms with E-state index >= 15 is 0 Å². The van der Waals surface area contributed by atoms with Crippen molar-refractivity contribution in [3.8, 4) is 6.07 Å². The highest BCUT2D eigenvalue weighted by molar-refractivity contribution is 7.12. The molecule has 1 heterocycles. The Labute approximate surface area is 202 Å². The summed E-state index contributed by atoms with van der Waals surface area (Å²) in [5.41, 5.74) is 3.17. The average Bonchev–Trinajstić information content (AvgIpc) is 3.36. The van der Waals surface area contributed by atoms with Crippen molar-refractivity contribution in [2.45, 2.75) is 20.3 Å². The summed E-state index contributed by atoms with van der Waals surface area (Å²) in [5, 5.41) is 10.8. The number of benzene rings is 2. The van der Waals surface area contributed by atoms with Gasteiger partial charge in [-0.3, -0.25) is 9.59 Å². The summed E-state index contributed by atoms with van der Waals surface area (Å²) in [6.45, 7) is 3.54. The quantitative estimate of drug-likeness (QED) is 0.439. The first kappa shape index (κ1) is 24.7. The number of rotatable bonds is 8. The second-order valence-electron chi connectivity index (χ2n) is 7.73. The summed E-state index contributed by atoms with van der Waals surface area (Å²) in [7, 11) is 1.59. The number of para-hydroxylation sites is 1. The Hall–Kier alpha value is -3.96. The van der Waals surface area contributed by atoms with E-state index in [1.54, 1.807) is 48.8 Å². The fourth-order valence-corrected chi connectivity index (χ4v) is 4.26. The third kappa shape index (κ3) is 5.88. The van der Waals surface area contributed by atoms with E-state index in [4.69, 9.17) is 10.00 Å². The number of thiophene rings is 1. The van der Waals surface area contributed by atoms with Gasteiger partial charge in [0.05, 0.1) is 28.6 Å². The molecule has 0 fully saturated rings. The van der Waals surface area contributed by atoms with Crippen molar-refractivity contribution in [1.82, 2.24) is 0 Å². The normalized spacial score (nSPS) is 10.3. The lowest BCUT2D eigenvalue weighted by Gasteiger charge is -2.23. The summed E-state index contributed by atoms with van der Waals surface area (Å²) in [4.78, 5) is 42.0. The number of hydrogen-bond acceptors (Lipinski definition) is 6. The summed E-state index contributed by atoms with van der Waals surface area (Å²) >= 11 is 1.31. The molecule has 0 radical (unpaired) electrons. The Morgan fingerprint density at radius 2 is 1.74 bits per heavy atom. The molecule has 2 amide bonds. The van der Waals surface area contributed by atoms with Crippen LogP contribution in [0.15, 0.2) is 60.0 Å². The third-order valence-electron chi connectivity index (χ3n) is 5.12. The molecule has 0 aliphatic rings. The van der Waals surface area contributed by atoms with Crippen LogP contribution in [0.25, 0.3) is 0 Å². The Morgan fingerprint density at radius 3 is 2.38 bits per heavy atom. The molecule has 0 saturated heterocycles. The molecule has 1 aromatic heterocycles. The highest BCUT2D eigenvalue weighted by atomic mass is 32.1. The summed E-state index contributed by atoms with van der Waals surface area (Å²) in [6, 6.07) is 17.8. The number of hydrogen-bond donors (Lipinski definition) is 0. The molecule has 7 nitrogen and oxygen atoms in total. The first-order valence-electron chi connectivity index (χ1n) is 10.6. The molecule has 3 aromatic rings. The predicted molar refractivity (Wildman–Crippen MR) is 132 cm³/mol. The van der Waals surface area contributed by atoms with Gasteiger partial charge in [0, 0.05) is 19.3 Å². The molecule has 0 aliphatic carbocycles. The van der Waals surface area contributed by atoms with Crippen LogP contribution in [0.1, 0.15) is 37.6 Å². The lowest BCUT2D eigenvalue weighted by Crippen LogP contribution is -2.36. The predicted octanol–water partition coefficient (Wildman–Crippen LogP) is 4.75. The molecule has 3 rings (SSSR count). The summed E-state index contributed by atoms with van der Waals surface area (Å²) in [5.74, 6) is -1.40. The van der Waals surface area contributed by atoms with E-state index in [0.29, 0.717) is 16.3 Å². The van der Waals surface area contributed by atoms with Crippen LogP contribution in [-0.2, 0) is 9.53 Å². The van der Waals surface area contributed by atoms with Crippen LogP contribution in [0.5, 0.6) is 0 Å². The van der Waals surface area contributed by atoms with Gasteiger partial charge in [-0.05, 0) is 60.7 Å². The molecular weight excluding hydrogens is 450 g/mol. The Balaban J connectivity index is 1.76. The van der Waals surface area contributed by atoms with Gasteiger partial charge in [-0.1, -0.05) is 24.3 Å². The molecule has 0 aliphatic heterocycles. The van der Waals surface area contributed by atoms with Crippen molar-refractivity contribution in [2.24, 2.45) is 0 Å². The zero-order chi connectivity index (χ0) is 24.7. The molecule has 0 N–H and O–H groups in total. The molecule has 0 spiro atoms. The van der Waals surface area contributed by atoms with E-state index in [0.717, 1.165) is 11.1 Å². The molecular formula is C26H25N3O4S. The first-order valence-corrected chi connectivity index (χ1v) is 11.5. The highest BCUT2D eigenvalue weighted by Gasteiger charge is 2.23. The van der Waals surface area contributed by atoms with Crippen LogP contribution in [0, 0.1) is 25.2 Å². The largest absolute Gasteiger partial charge is 0.452 e. The van der Waals surface area contributed by atoms with Crippen molar-refractivity contribution in [2.75, 3.05) is 30.0 Å². The van der Waals surface area contributed by atoms with Gasteiger partial charge in [-0.15, -0.1) is 11.3 Å². The molecule has 0 bridgehead atoms. The van der Waals surface area contributed by atoms with Gasteiger partial charge < -0.3 is 14.5 Å². The van der Waals surface area contributed by atoms with Crippen molar-refractivity contribution in [3.05, 3.63) is 81.5 Å². The molecule has 0 unspecified atom stereocenters. The Morgan fingerprint density at radius 1 is 1.03 bits per heavy atom. The fraction of sp³-hybridized carbons (Fsp3) is 0.231. The van der Waals surface area contributed by atoms with Crippen LogP contribution >= 0.6 is 11.3 Å². The zero-order valence-electron chi connectivity index (χ0n) is 19.3. The van der Waals surface area contributed by atoms with Gasteiger partial charge >= 0.3 is 5.97 Å². The number of carbonyl (C=O) groups is 3. The minimum absolute atomic E-state index is 0.144. The third-order valence-corrected chi connectivity index (χ3v) is 5.97. The second kappa shape index (κ2) is 11.3. The lowest BCUT2D eigenvalue weighted by atomic mass is 10.1. The summed E-state index contributed by atoms with van der Waals surface area (Å²) < 4.78 is 5.35. The number of esters is 1. The average molecular weight is 476 g/mol. The highest BCUT2D eigenvalue weighted by Crippen LogP contribution is 2.24. The number of anilines is 2. The molecule has 8 heteroatoms. The van der Waals surface area contributed by atoms with Gasteiger partial charge in [0.1, 0.15) is 0 Å². The number of aryl methyl sites for hydroxylation is 2. The van der Waals surface area contributed by atoms with Crippen molar-refractivity contribution in [3.63, 3.8) is 0 Å². The number of ether oxygens (including phenoxy) is 1. The smallest absolute Gasteiger partial charge is 0.340 e. The van der Waals surface area contributed by atoms with Crippen LogP contribution in [0.4, 0.5) is 11.4 Å². The van der Waals surface area contributed by atoms with E-state index in [2.05, 4.69) is 0 Å². The first-order chi connectivity index (χ1) is 16.3. The Kier molecular flexibility index (Phi) is 8.17. The van der Waals surface area contributed by atoms with E-state index in [-0.39, 0.29) is 24.4 Å². The van der Waals surface area contributed by atoms with E-state index < -0.39 is 18.5 Å².